The van der Waals surface area contributed by atoms with E-state index < -0.39 is 4.92 Å². The van der Waals surface area contributed by atoms with Crippen LogP contribution in [0.25, 0.3) is 16.0 Å². The zero-order valence-electron chi connectivity index (χ0n) is 20.3. The monoisotopic (exact) mass is 562 g/mol. The molecule has 8 nitrogen and oxygen atoms in total. The largest absolute Gasteiger partial charge is 0.495 e. The van der Waals surface area contributed by atoms with E-state index in [9.17, 15) is 14.9 Å². The molecule has 0 bridgehead atoms. The van der Waals surface area contributed by atoms with Gasteiger partial charge in [-0.3, -0.25) is 19.5 Å². The van der Waals surface area contributed by atoms with E-state index in [0.29, 0.717) is 43.2 Å². The predicted molar refractivity (Wildman–Crippen MR) is 153 cm³/mol. The minimum Gasteiger partial charge on any atom is -0.495 e. The molecule has 11 heteroatoms. The first-order chi connectivity index (χ1) is 18.5. The summed E-state index contributed by atoms with van der Waals surface area (Å²) in [5.74, 6) is 0.906. The Hall–Kier alpha value is -3.80. The van der Waals surface area contributed by atoms with Crippen LogP contribution in [-0.2, 0) is 18.7 Å². The Morgan fingerprint density at radius 3 is 2.55 bits per heavy atom. The zero-order chi connectivity index (χ0) is 26.6. The number of ether oxygens (including phenoxy) is 1. The van der Waals surface area contributed by atoms with Gasteiger partial charge < -0.3 is 9.30 Å². The third-order valence-electron chi connectivity index (χ3n) is 5.94. The van der Waals surface area contributed by atoms with Crippen molar-refractivity contribution < 1.29 is 9.66 Å². The lowest BCUT2D eigenvalue weighted by molar-refractivity contribution is -0.384. The number of methoxy groups -OCH3 is 1. The first-order valence-corrected chi connectivity index (χ1v) is 13.9. The van der Waals surface area contributed by atoms with E-state index in [1.807, 2.05) is 41.0 Å². The van der Waals surface area contributed by atoms with Crippen molar-refractivity contribution in [2.45, 2.75) is 23.9 Å². The normalized spacial score (nSPS) is 11.1. The third kappa shape index (κ3) is 5.26. The van der Waals surface area contributed by atoms with Crippen LogP contribution < -0.4 is 10.3 Å². The van der Waals surface area contributed by atoms with Crippen molar-refractivity contribution in [3.8, 4) is 11.4 Å². The average Bonchev–Trinajstić information content (AvgIpc) is 3.26. The maximum atomic E-state index is 13.9. The summed E-state index contributed by atoms with van der Waals surface area (Å²) in [4.78, 5) is 29.7. The number of nitro groups is 1. The molecule has 0 aliphatic carbocycles. The molecular weight excluding hydrogens is 541 g/mol. The molecule has 5 aromatic rings. The Kier molecular flexibility index (Phi) is 7.68. The van der Waals surface area contributed by atoms with E-state index in [1.165, 1.54) is 39.8 Å². The molecule has 2 heterocycles. The molecular formula is C27H22N4O4S3. The van der Waals surface area contributed by atoms with Crippen LogP contribution in [0.15, 0.2) is 88.8 Å². The lowest BCUT2D eigenvalue weighted by Crippen LogP contribution is -2.22. The number of nitro benzene ring substituents is 1. The average molecular weight is 563 g/mol. The van der Waals surface area contributed by atoms with Gasteiger partial charge >= 0.3 is 0 Å². The maximum absolute atomic E-state index is 13.9. The van der Waals surface area contributed by atoms with Gasteiger partial charge in [0.05, 0.1) is 17.7 Å². The topological polar surface area (TPSA) is 92.2 Å². The number of thiazole rings is 1. The summed E-state index contributed by atoms with van der Waals surface area (Å²) >= 11 is 8.23. The van der Waals surface area contributed by atoms with Crippen LogP contribution in [0.5, 0.6) is 5.75 Å². The maximum Gasteiger partial charge on any atom is 0.278 e. The number of para-hydroxylation sites is 2. The number of fused-ring (bicyclic) bond motifs is 1. The Balaban J connectivity index is 1.62. The van der Waals surface area contributed by atoms with Crippen molar-refractivity contribution in [2.24, 2.45) is 0 Å². The summed E-state index contributed by atoms with van der Waals surface area (Å²) in [6.45, 7) is 0.586. The van der Waals surface area contributed by atoms with Crippen molar-refractivity contribution in [1.29, 1.82) is 0 Å². The van der Waals surface area contributed by atoms with Crippen molar-refractivity contribution in [3.05, 3.63) is 114 Å². The highest BCUT2D eigenvalue weighted by molar-refractivity contribution is 7.98. The van der Waals surface area contributed by atoms with E-state index in [2.05, 4.69) is 12.1 Å². The van der Waals surface area contributed by atoms with Crippen LogP contribution in [0.2, 0.25) is 0 Å². The molecule has 2 aromatic heterocycles. The van der Waals surface area contributed by atoms with Gasteiger partial charge in [-0.1, -0.05) is 77.7 Å². The fourth-order valence-electron chi connectivity index (χ4n) is 4.09. The van der Waals surface area contributed by atoms with Crippen LogP contribution in [0.1, 0.15) is 11.1 Å². The lowest BCUT2D eigenvalue weighted by atomic mass is 10.1. The fraction of sp³-hybridized carbons (Fsp3) is 0.148. The number of rotatable bonds is 9. The highest BCUT2D eigenvalue weighted by Gasteiger charge is 2.20. The minimum absolute atomic E-state index is 0.0148. The summed E-state index contributed by atoms with van der Waals surface area (Å²) in [6, 6.07) is 23.8. The number of non-ortho nitro benzene ring substituents is 1. The highest BCUT2D eigenvalue weighted by Crippen LogP contribution is 2.31. The number of aromatic nitrogens is 3. The molecule has 0 N–H and O–H groups in total. The SMILES string of the molecule is COc1ccccc1-n1c(SCc2cccc([N+](=O)[O-])c2)nc2c(sc(=S)n2CCc2ccccc2)c1=O. The highest BCUT2D eigenvalue weighted by atomic mass is 32.2. The first kappa shape index (κ1) is 25.8. The molecule has 0 aliphatic rings. The van der Waals surface area contributed by atoms with Gasteiger partial charge in [0.25, 0.3) is 11.2 Å². The van der Waals surface area contributed by atoms with Gasteiger partial charge in [0.2, 0.25) is 0 Å². The van der Waals surface area contributed by atoms with Gasteiger partial charge in [-0.15, -0.1) is 0 Å². The zero-order valence-corrected chi connectivity index (χ0v) is 22.7. The molecule has 192 valence electrons. The molecule has 0 saturated carbocycles. The smallest absolute Gasteiger partial charge is 0.278 e. The van der Waals surface area contributed by atoms with Crippen molar-refractivity contribution in [2.75, 3.05) is 7.11 Å². The molecule has 5 rings (SSSR count). The second kappa shape index (κ2) is 11.3. The third-order valence-corrected chi connectivity index (χ3v) is 8.38. The quantitative estimate of drug-likeness (QED) is 0.0672. The molecule has 0 aliphatic heterocycles. The summed E-state index contributed by atoms with van der Waals surface area (Å²) in [7, 11) is 1.55. The van der Waals surface area contributed by atoms with E-state index in [0.717, 1.165) is 17.5 Å². The predicted octanol–water partition coefficient (Wildman–Crippen LogP) is 6.43. The number of aryl methyl sites for hydroxylation is 2. The molecule has 0 atom stereocenters. The number of nitrogens with zero attached hydrogens (tertiary/aromatic N) is 4. The van der Waals surface area contributed by atoms with E-state index in [-0.39, 0.29) is 11.2 Å². The number of thioether (sulfide) groups is 1. The first-order valence-electron chi connectivity index (χ1n) is 11.7. The van der Waals surface area contributed by atoms with Crippen LogP contribution in [0, 0.1) is 14.1 Å². The van der Waals surface area contributed by atoms with Gasteiger partial charge in [0.15, 0.2) is 14.8 Å². The van der Waals surface area contributed by atoms with E-state index >= 15 is 0 Å². The molecule has 0 saturated heterocycles. The number of hydrogen-bond donors (Lipinski definition) is 0. The molecule has 0 fully saturated rings. The molecule has 38 heavy (non-hydrogen) atoms. The van der Waals surface area contributed by atoms with Crippen molar-refractivity contribution in [1.82, 2.24) is 14.1 Å². The summed E-state index contributed by atoms with van der Waals surface area (Å²) in [5.41, 5.74) is 2.78. The molecule has 0 spiro atoms. The van der Waals surface area contributed by atoms with Gasteiger partial charge in [0.1, 0.15) is 10.4 Å². The van der Waals surface area contributed by atoms with Gasteiger partial charge in [-0.2, -0.15) is 0 Å². The Bertz CT molecular complexity index is 1750. The van der Waals surface area contributed by atoms with Gasteiger partial charge in [0, 0.05) is 24.4 Å². The second-order valence-corrected chi connectivity index (χ2v) is 10.9. The lowest BCUT2D eigenvalue weighted by Gasteiger charge is -2.15. The Morgan fingerprint density at radius 1 is 1.05 bits per heavy atom. The van der Waals surface area contributed by atoms with Crippen LogP contribution in [0.4, 0.5) is 5.69 Å². The molecule has 3 aromatic carbocycles. The second-order valence-electron chi connectivity index (χ2n) is 8.33. The minimum atomic E-state index is -0.421. The summed E-state index contributed by atoms with van der Waals surface area (Å²) in [6.07, 6.45) is 0.744. The number of hydrogen-bond acceptors (Lipinski definition) is 8. The Labute approximate surface area is 231 Å². The molecule has 0 radical (unpaired) electrons. The van der Waals surface area contributed by atoms with E-state index in [1.54, 1.807) is 25.3 Å². The summed E-state index contributed by atoms with van der Waals surface area (Å²) in [5, 5.41) is 11.7. The van der Waals surface area contributed by atoms with Crippen LogP contribution in [-0.4, -0.2) is 26.2 Å². The fourth-order valence-corrected chi connectivity index (χ4v) is 6.34. The van der Waals surface area contributed by atoms with Crippen molar-refractivity contribution in [3.63, 3.8) is 0 Å². The van der Waals surface area contributed by atoms with E-state index in [4.69, 9.17) is 21.9 Å². The summed E-state index contributed by atoms with van der Waals surface area (Å²) < 4.78 is 10.0. The molecule has 0 unspecified atom stereocenters. The standard InChI is InChI=1S/C27H22N4O4S3/c1-35-22-13-6-5-12-21(22)30-25(32)23-24(29(27(36)38-23)15-14-18-8-3-2-4-9-18)28-26(30)37-17-19-10-7-11-20(16-19)31(33)34/h2-13,16H,14-15,17H2,1H3. The van der Waals surface area contributed by atoms with Crippen LogP contribution >= 0.6 is 35.3 Å². The molecule has 0 amide bonds. The van der Waals surface area contributed by atoms with Crippen LogP contribution in [0.3, 0.4) is 0 Å². The van der Waals surface area contributed by atoms with Gasteiger partial charge in [-0.05, 0) is 41.9 Å². The van der Waals surface area contributed by atoms with Crippen molar-refractivity contribution >= 4 is 51.4 Å². The van der Waals surface area contributed by atoms with Gasteiger partial charge in [-0.25, -0.2) is 4.98 Å². The Morgan fingerprint density at radius 2 is 1.79 bits per heavy atom. The number of benzene rings is 3.